The van der Waals surface area contributed by atoms with Crippen molar-refractivity contribution in [2.24, 2.45) is 0 Å². The maximum Gasteiger partial charge on any atom is 0.347 e. The zero-order chi connectivity index (χ0) is 15.5. The topological polar surface area (TPSA) is 46.5 Å². The molecule has 112 valence electrons. The lowest BCUT2D eigenvalue weighted by atomic mass is 10.0. The van der Waals surface area contributed by atoms with E-state index >= 15 is 0 Å². The fourth-order valence-electron chi connectivity index (χ4n) is 1.40. The van der Waals surface area contributed by atoms with E-state index in [0.717, 1.165) is 6.92 Å². The van der Waals surface area contributed by atoms with Crippen molar-refractivity contribution in [1.82, 2.24) is 0 Å². The Morgan fingerprint density at radius 2 is 2.10 bits per heavy atom. The van der Waals surface area contributed by atoms with E-state index in [1.54, 1.807) is 0 Å². The van der Waals surface area contributed by atoms with Gasteiger partial charge in [0.15, 0.2) is 0 Å². The average Bonchev–Trinajstić information content (AvgIpc) is 2.38. The second kappa shape index (κ2) is 6.30. The quantitative estimate of drug-likeness (QED) is 0.813. The molecule has 1 aromatic rings. The zero-order valence-corrected chi connectivity index (χ0v) is 11.1. The minimum atomic E-state index is -3.46. The lowest BCUT2D eigenvalue weighted by Crippen LogP contribution is -2.30. The van der Waals surface area contributed by atoms with Crippen molar-refractivity contribution in [3.8, 4) is 5.75 Å². The van der Waals surface area contributed by atoms with Crippen LogP contribution in [0.3, 0.4) is 0 Å². The van der Waals surface area contributed by atoms with Gasteiger partial charge in [0.25, 0.3) is 5.92 Å². The third-order valence-corrected chi connectivity index (χ3v) is 2.84. The lowest BCUT2D eigenvalue weighted by molar-refractivity contribution is -0.145. The van der Waals surface area contributed by atoms with Gasteiger partial charge in [0.1, 0.15) is 18.2 Å². The Labute approximate surface area is 117 Å². The van der Waals surface area contributed by atoms with E-state index in [2.05, 4.69) is 4.74 Å². The monoisotopic (exact) mass is 314 g/mol. The Morgan fingerprint density at radius 1 is 1.50 bits per heavy atom. The van der Waals surface area contributed by atoms with E-state index in [9.17, 15) is 22.4 Å². The summed E-state index contributed by atoms with van der Waals surface area (Å²) in [6.07, 6.45) is -2.64. The highest BCUT2D eigenvalue weighted by Crippen LogP contribution is 2.40. The molecule has 8 heteroatoms. The van der Waals surface area contributed by atoms with E-state index in [0.29, 0.717) is 12.1 Å². The molecule has 0 aliphatic carbocycles. The van der Waals surface area contributed by atoms with Crippen LogP contribution in [-0.2, 0) is 10.7 Å². The number of alkyl halides is 3. The van der Waals surface area contributed by atoms with Crippen molar-refractivity contribution in [2.75, 3.05) is 6.67 Å². The average molecular weight is 315 g/mol. The van der Waals surface area contributed by atoms with Crippen LogP contribution in [0.5, 0.6) is 5.75 Å². The van der Waals surface area contributed by atoms with Gasteiger partial charge in [-0.2, -0.15) is 0 Å². The first kappa shape index (κ1) is 16.6. The summed E-state index contributed by atoms with van der Waals surface area (Å²) in [5.41, 5.74) is -0.874. The molecule has 0 aromatic heterocycles. The predicted octanol–water partition coefficient (Wildman–Crippen LogP) is 3.78. The van der Waals surface area contributed by atoms with Crippen LogP contribution in [0.2, 0.25) is 5.02 Å². The maximum atomic E-state index is 13.7. The van der Waals surface area contributed by atoms with E-state index in [1.807, 2.05) is 0 Å². The van der Waals surface area contributed by atoms with Gasteiger partial charge in [-0.05, 0) is 6.07 Å². The number of carboxylic acids is 1. The van der Waals surface area contributed by atoms with Gasteiger partial charge < -0.3 is 9.84 Å². The first-order chi connectivity index (χ1) is 9.22. The third-order valence-electron chi connectivity index (χ3n) is 2.55. The molecule has 0 saturated heterocycles. The number of benzene rings is 1. The van der Waals surface area contributed by atoms with E-state index in [1.165, 1.54) is 0 Å². The standard InChI is InChI=1S/C12H11ClF4O3/c1-2-12(16,17)6-3-8(15)7(13)4-9(6)20-10(5-14)11(18)19/h3-4,10H,2,5H2,1H3,(H,18,19)/t10-/m0/s1. The smallest absolute Gasteiger partial charge is 0.347 e. The molecule has 0 heterocycles. The first-order valence-corrected chi connectivity index (χ1v) is 5.93. The van der Waals surface area contributed by atoms with Crippen molar-refractivity contribution in [1.29, 1.82) is 0 Å². The van der Waals surface area contributed by atoms with Crippen LogP contribution in [0.25, 0.3) is 0 Å². The molecule has 0 amide bonds. The minimum absolute atomic E-state index is 0.457. The highest BCUT2D eigenvalue weighted by molar-refractivity contribution is 6.30. The maximum absolute atomic E-state index is 13.7. The summed E-state index contributed by atoms with van der Waals surface area (Å²) >= 11 is 5.44. The molecule has 3 nitrogen and oxygen atoms in total. The lowest BCUT2D eigenvalue weighted by Gasteiger charge is -2.21. The highest BCUT2D eigenvalue weighted by atomic mass is 35.5. The van der Waals surface area contributed by atoms with Gasteiger partial charge in [-0.25, -0.2) is 22.4 Å². The van der Waals surface area contributed by atoms with Gasteiger partial charge in [0, 0.05) is 12.5 Å². The largest absolute Gasteiger partial charge is 0.478 e. The van der Waals surface area contributed by atoms with Crippen LogP contribution >= 0.6 is 11.6 Å². The summed E-state index contributed by atoms with van der Waals surface area (Å²) in [6.45, 7) is -0.276. The second-order valence-corrected chi connectivity index (χ2v) is 4.33. The van der Waals surface area contributed by atoms with E-state index in [-0.39, 0.29) is 0 Å². The van der Waals surface area contributed by atoms with Gasteiger partial charge in [-0.15, -0.1) is 0 Å². The molecule has 0 aliphatic heterocycles. The van der Waals surface area contributed by atoms with Crippen LogP contribution in [0.4, 0.5) is 17.6 Å². The van der Waals surface area contributed by atoms with Crippen LogP contribution in [0, 0.1) is 5.82 Å². The number of halogens is 5. The Bertz CT molecular complexity index is 508. The number of rotatable bonds is 6. The van der Waals surface area contributed by atoms with Crippen molar-refractivity contribution < 1.29 is 32.2 Å². The van der Waals surface area contributed by atoms with Crippen molar-refractivity contribution >= 4 is 17.6 Å². The van der Waals surface area contributed by atoms with E-state index in [4.69, 9.17) is 16.7 Å². The molecule has 0 aliphatic rings. The molecule has 0 unspecified atom stereocenters. The molecular weight excluding hydrogens is 304 g/mol. The van der Waals surface area contributed by atoms with Crippen LogP contribution < -0.4 is 4.74 Å². The fraction of sp³-hybridized carbons (Fsp3) is 0.417. The van der Waals surface area contributed by atoms with Crippen molar-refractivity contribution in [2.45, 2.75) is 25.4 Å². The van der Waals surface area contributed by atoms with Gasteiger partial charge in [0.2, 0.25) is 6.10 Å². The summed E-state index contributed by atoms with van der Waals surface area (Å²) in [4.78, 5) is 10.7. The summed E-state index contributed by atoms with van der Waals surface area (Å²) in [7, 11) is 0. The molecule has 20 heavy (non-hydrogen) atoms. The first-order valence-electron chi connectivity index (χ1n) is 5.55. The Kier molecular flexibility index (Phi) is 5.21. The second-order valence-electron chi connectivity index (χ2n) is 3.92. The zero-order valence-electron chi connectivity index (χ0n) is 10.3. The van der Waals surface area contributed by atoms with Crippen molar-refractivity contribution in [3.05, 3.63) is 28.5 Å². The molecule has 0 radical (unpaired) electrons. The van der Waals surface area contributed by atoms with Crippen LogP contribution in [0.15, 0.2) is 12.1 Å². The summed E-state index contributed by atoms with van der Waals surface area (Å²) in [5, 5.41) is 8.12. The normalized spacial score (nSPS) is 13.1. The van der Waals surface area contributed by atoms with Gasteiger partial charge in [0.05, 0.1) is 10.6 Å². The molecule has 1 atom stereocenters. The van der Waals surface area contributed by atoms with Gasteiger partial charge in [-0.1, -0.05) is 18.5 Å². The molecule has 1 N–H and O–H groups in total. The summed E-state index contributed by atoms with van der Waals surface area (Å²) in [5.74, 6) is -6.89. The Hall–Kier alpha value is -1.50. The molecule has 1 aromatic carbocycles. The molecule has 0 fully saturated rings. The summed E-state index contributed by atoms with van der Waals surface area (Å²) < 4.78 is 57.8. The molecule has 0 saturated carbocycles. The SMILES string of the molecule is CCC(F)(F)c1cc(F)c(Cl)cc1O[C@@H](CF)C(=O)O. The van der Waals surface area contributed by atoms with Crippen LogP contribution in [0.1, 0.15) is 18.9 Å². The molecule has 1 rings (SSSR count). The Morgan fingerprint density at radius 3 is 2.55 bits per heavy atom. The van der Waals surface area contributed by atoms with Crippen LogP contribution in [-0.4, -0.2) is 23.9 Å². The minimum Gasteiger partial charge on any atom is -0.478 e. The molecule has 0 spiro atoms. The number of hydrogen-bond acceptors (Lipinski definition) is 2. The number of carboxylic acid groups (broad SMARTS) is 1. The predicted molar refractivity (Wildman–Crippen MR) is 63.6 cm³/mol. The Balaban J connectivity index is 3.30. The molecule has 0 bridgehead atoms. The van der Waals surface area contributed by atoms with E-state index < -0.39 is 53.2 Å². The number of ether oxygens (including phenoxy) is 1. The fourth-order valence-corrected chi connectivity index (χ4v) is 1.56. The molecular formula is C12H11ClF4O3. The highest BCUT2D eigenvalue weighted by Gasteiger charge is 2.35. The number of hydrogen-bond donors (Lipinski definition) is 1. The van der Waals surface area contributed by atoms with Crippen molar-refractivity contribution in [3.63, 3.8) is 0 Å². The third kappa shape index (κ3) is 3.53. The number of aliphatic carboxylic acids is 1. The number of carbonyl (C=O) groups is 1. The summed E-state index contributed by atoms with van der Waals surface area (Å²) in [6, 6.07) is 1.17. The van der Waals surface area contributed by atoms with Gasteiger partial charge >= 0.3 is 5.97 Å². The van der Waals surface area contributed by atoms with Gasteiger partial charge in [-0.3, -0.25) is 0 Å².